The highest BCUT2D eigenvalue weighted by Gasteiger charge is 2.46. The van der Waals surface area contributed by atoms with Crippen LogP contribution in [0.3, 0.4) is 0 Å². The van der Waals surface area contributed by atoms with Gasteiger partial charge in [-0.05, 0) is 34.7 Å². The molecule has 0 bridgehead atoms. The molecule has 0 amide bonds. The first-order valence-corrected chi connectivity index (χ1v) is 7.12. The van der Waals surface area contributed by atoms with Gasteiger partial charge in [0.05, 0.1) is 15.9 Å². The van der Waals surface area contributed by atoms with E-state index in [9.17, 15) is 0 Å². The largest absolute Gasteiger partial charge is 0.308 e. The van der Waals surface area contributed by atoms with Crippen LogP contribution in [0.15, 0.2) is 4.47 Å². The molecule has 0 aliphatic heterocycles. The lowest BCUT2D eigenvalue weighted by Gasteiger charge is -2.49. The molecule has 1 aromatic heterocycles. The van der Waals surface area contributed by atoms with Crippen LogP contribution < -0.4 is 5.32 Å². The summed E-state index contributed by atoms with van der Waals surface area (Å²) >= 11 is 9.80. The van der Waals surface area contributed by atoms with Crippen LogP contribution in [-0.2, 0) is 13.6 Å². The Hall–Kier alpha value is -0.0600. The van der Waals surface area contributed by atoms with Crippen molar-refractivity contribution in [2.45, 2.75) is 45.2 Å². The highest BCUT2D eigenvalue weighted by molar-refractivity contribution is 9.10. The van der Waals surface area contributed by atoms with Crippen molar-refractivity contribution in [2.75, 3.05) is 0 Å². The summed E-state index contributed by atoms with van der Waals surface area (Å²) < 4.78 is 3.03. The van der Waals surface area contributed by atoms with E-state index in [4.69, 9.17) is 11.6 Å². The normalized spacial score (nSPS) is 26.9. The second-order valence-electron chi connectivity index (χ2n) is 5.43. The van der Waals surface area contributed by atoms with Gasteiger partial charge in [-0.2, -0.15) is 5.10 Å². The number of alkyl halides is 1. The Morgan fingerprint density at radius 2 is 2.24 bits per heavy atom. The third kappa shape index (κ3) is 2.27. The number of hydrogen-bond acceptors (Lipinski definition) is 2. The van der Waals surface area contributed by atoms with E-state index in [-0.39, 0.29) is 10.8 Å². The maximum Gasteiger partial charge on any atom is 0.0739 e. The van der Waals surface area contributed by atoms with E-state index < -0.39 is 0 Å². The first-order valence-electron chi connectivity index (χ1n) is 5.89. The average molecular weight is 321 g/mol. The van der Waals surface area contributed by atoms with Gasteiger partial charge in [0.15, 0.2) is 0 Å². The number of halogens is 2. The zero-order valence-electron chi connectivity index (χ0n) is 10.7. The first-order chi connectivity index (χ1) is 7.84. The fraction of sp³-hybridized carbons (Fsp3) is 0.750. The van der Waals surface area contributed by atoms with Crippen molar-refractivity contribution in [3.05, 3.63) is 15.9 Å². The van der Waals surface area contributed by atoms with Crippen molar-refractivity contribution in [1.29, 1.82) is 0 Å². The predicted molar refractivity (Wildman–Crippen MR) is 74.3 cm³/mol. The number of aromatic nitrogens is 2. The quantitative estimate of drug-likeness (QED) is 0.868. The maximum absolute atomic E-state index is 6.22. The molecule has 0 radical (unpaired) electrons. The monoisotopic (exact) mass is 319 g/mol. The van der Waals surface area contributed by atoms with E-state index in [0.29, 0.717) is 6.04 Å². The molecular weight excluding hydrogens is 302 g/mol. The molecule has 17 heavy (non-hydrogen) atoms. The molecular formula is C12H19BrClN3. The molecule has 1 heterocycles. The Kier molecular flexibility index (Phi) is 3.59. The molecule has 1 aromatic rings. The van der Waals surface area contributed by atoms with Crippen molar-refractivity contribution in [3.63, 3.8) is 0 Å². The van der Waals surface area contributed by atoms with Crippen LogP contribution in [0, 0.1) is 12.3 Å². The van der Waals surface area contributed by atoms with Crippen LogP contribution in [0.4, 0.5) is 0 Å². The average Bonchev–Trinajstić information content (AvgIpc) is 2.49. The molecule has 2 unspecified atom stereocenters. The molecule has 2 atom stereocenters. The van der Waals surface area contributed by atoms with E-state index in [1.165, 1.54) is 5.69 Å². The van der Waals surface area contributed by atoms with Gasteiger partial charge in [0.1, 0.15) is 0 Å². The van der Waals surface area contributed by atoms with E-state index >= 15 is 0 Å². The van der Waals surface area contributed by atoms with Gasteiger partial charge < -0.3 is 5.32 Å². The van der Waals surface area contributed by atoms with Crippen molar-refractivity contribution in [1.82, 2.24) is 15.1 Å². The summed E-state index contributed by atoms with van der Waals surface area (Å²) in [7, 11) is 1.98. The highest BCUT2D eigenvalue weighted by atomic mass is 79.9. The van der Waals surface area contributed by atoms with Crippen molar-refractivity contribution < 1.29 is 0 Å². The fourth-order valence-electron chi connectivity index (χ4n) is 2.31. The Morgan fingerprint density at radius 3 is 2.65 bits per heavy atom. The lowest BCUT2D eigenvalue weighted by atomic mass is 9.67. The van der Waals surface area contributed by atoms with Crippen LogP contribution >= 0.6 is 27.5 Å². The molecule has 2 rings (SSSR count). The minimum atomic E-state index is 0.182. The van der Waals surface area contributed by atoms with Gasteiger partial charge in [-0.25, -0.2) is 0 Å². The number of hydrogen-bond donors (Lipinski definition) is 1. The molecule has 1 saturated carbocycles. The lowest BCUT2D eigenvalue weighted by molar-refractivity contribution is 0.115. The number of nitrogens with zero attached hydrogens (tertiary/aromatic N) is 2. The fourth-order valence-corrected chi connectivity index (χ4v) is 3.12. The van der Waals surface area contributed by atoms with E-state index in [0.717, 1.165) is 23.1 Å². The summed E-state index contributed by atoms with van der Waals surface area (Å²) in [4.78, 5) is 0. The highest BCUT2D eigenvalue weighted by Crippen LogP contribution is 2.44. The molecule has 0 spiro atoms. The Balaban J connectivity index is 2.00. The van der Waals surface area contributed by atoms with Crippen LogP contribution in [0.25, 0.3) is 0 Å². The van der Waals surface area contributed by atoms with Gasteiger partial charge >= 0.3 is 0 Å². The lowest BCUT2D eigenvalue weighted by Crippen LogP contribution is -2.57. The standard InChI is InChI=1S/C12H19BrClN3/c1-7-11(13)8(17(4)16-7)6-15-10-5-9(14)12(10,2)3/h9-10,15H,5-6H2,1-4H3. The number of nitrogens with one attached hydrogen (secondary N) is 1. The van der Waals surface area contributed by atoms with Crippen molar-refractivity contribution >= 4 is 27.5 Å². The third-order valence-corrected chi connectivity index (χ3v) is 5.70. The number of rotatable bonds is 3. The summed E-state index contributed by atoms with van der Waals surface area (Å²) in [6.45, 7) is 7.27. The first kappa shape index (κ1) is 13.4. The van der Waals surface area contributed by atoms with Crippen LogP contribution in [0.2, 0.25) is 0 Å². The second-order valence-corrected chi connectivity index (χ2v) is 6.75. The Bertz CT molecular complexity index is 428. The van der Waals surface area contributed by atoms with Crippen LogP contribution in [0.5, 0.6) is 0 Å². The summed E-state index contributed by atoms with van der Waals surface area (Å²) in [6.07, 6.45) is 1.04. The van der Waals surface area contributed by atoms with E-state index in [2.05, 4.69) is 40.2 Å². The molecule has 0 saturated heterocycles. The van der Waals surface area contributed by atoms with Gasteiger partial charge in [0.2, 0.25) is 0 Å². The summed E-state index contributed by atoms with van der Waals surface area (Å²) in [5.74, 6) is 0. The molecule has 1 fully saturated rings. The third-order valence-electron chi connectivity index (χ3n) is 3.93. The van der Waals surface area contributed by atoms with Gasteiger partial charge in [0, 0.05) is 25.0 Å². The van der Waals surface area contributed by atoms with Gasteiger partial charge in [-0.3, -0.25) is 4.68 Å². The van der Waals surface area contributed by atoms with E-state index in [1.54, 1.807) is 0 Å². The maximum atomic E-state index is 6.22. The molecule has 96 valence electrons. The van der Waals surface area contributed by atoms with Gasteiger partial charge in [-0.1, -0.05) is 13.8 Å². The van der Waals surface area contributed by atoms with Crippen molar-refractivity contribution in [2.24, 2.45) is 12.5 Å². The van der Waals surface area contributed by atoms with Gasteiger partial charge in [-0.15, -0.1) is 11.6 Å². The Labute approximate surface area is 116 Å². The summed E-state index contributed by atoms with van der Waals surface area (Å²) in [6, 6.07) is 0.493. The SMILES string of the molecule is Cc1nn(C)c(CNC2CC(Cl)C2(C)C)c1Br. The molecule has 1 aliphatic carbocycles. The zero-order valence-corrected chi connectivity index (χ0v) is 13.1. The smallest absolute Gasteiger partial charge is 0.0739 e. The molecule has 0 aromatic carbocycles. The zero-order chi connectivity index (χ0) is 12.8. The molecule has 5 heteroatoms. The van der Waals surface area contributed by atoms with Crippen LogP contribution in [-0.4, -0.2) is 21.2 Å². The second kappa shape index (κ2) is 4.56. The van der Waals surface area contributed by atoms with Gasteiger partial charge in [0.25, 0.3) is 0 Å². The molecule has 3 nitrogen and oxygen atoms in total. The Morgan fingerprint density at radius 1 is 1.59 bits per heavy atom. The number of aryl methyl sites for hydroxylation is 2. The molecule has 1 N–H and O–H groups in total. The van der Waals surface area contributed by atoms with Crippen molar-refractivity contribution in [3.8, 4) is 0 Å². The molecule has 1 aliphatic rings. The van der Waals surface area contributed by atoms with E-state index in [1.807, 2.05) is 18.7 Å². The minimum Gasteiger partial charge on any atom is -0.308 e. The predicted octanol–water partition coefficient (Wildman–Crippen LogP) is 2.99. The summed E-state index contributed by atoms with van der Waals surface area (Å²) in [5.41, 5.74) is 2.41. The topological polar surface area (TPSA) is 29.9 Å². The summed E-state index contributed by atoms with van der Waals surface area (Å²) in [5, 5.41) is 8.25. The minimum absolute atomic E-state index is 0.182. The van der Waals surface area contributed by atoms with Crippen LogP contribution in [0.1, 0.15) is 31.7 Å².